The van der Waals surface area contributed by atoms with E-state index in [2.05, 4.69) is 25.7 Å². The van der Waals surface area contributed by atoms with Crippen LogP contribution >= 0.6 is 11.8 Å². The van der Waals surface area contributed by atoms with Gasteiger partial charge >= 0.3 is 0 Å². The summed E-state index contributed by atoms with van der Waals surface area (Å²) < 4.78 is 3.61. The molecule has 5 rings (SSSR count). The van der Waals surface area contributed by atoms with Gasteiger partial charge in [0.2, 0.25) is 0 Å². The van der Waals surface area contributed by atoms with Crippen LogP contribution in [-0.2, 0) is 4.79 Å². The van der Waals surface area contributed by atoms with Crippen LogP contribution in [0.3, 0.4) is 0 Å². The summed E-state index contributed by atoms with van der Waals surface area (Å²) >= 11 is 0.862. The molecule has 2 N–H and O–H groups in total. The van der Waals surface area contributed by atoms with Gasteiger partial charge in [-0.25, -0.2) is 14.5 Å². The monoisotopic (exact) mass is 417 g/mol. The third-order valence-corrected chi connectivity index (χ3v) is 5.36. The van der Waals surface area contributed by atoms with E-state index in [-0.39, 0.29) is 5.24 Å². The number of carbonyl (C=O) groups is 2. The van der Waals surface area contributed by atoms with E-state index in [0.29, 0.717) is 21.9 Å². The van der Waals surface area contributed by atoms with E-state index >= 15 is 0 Å². The molecule has 1 aliphatic rings. The first-order valence-corrected chi connectivity index (χ1v) is 9.85. The van der Waals surface area contributed by atoms with Crippen molar-refractivity contribution in [3.63, 3.8) is 0 Å². The van der Waals surface area contributed by atoms with E-state index in [1.54, 1.807) is 29.2 Å². The maximum Gasteiger partial charge on any atom is 0.290 e. The molecule has 148 valence electrons. The fourth-order valence-electron chi connectivity index (χ4n) is 3.15. The molecule has 9 nitrogen and oxygen atoms in total. The second-order valence-corrected chi connectivity index (χ2v) is 7.57. The molecule has 30 heavy (non-hydrogen) atoms. The fourth-order valence-corrected chi connectivity index (χ4v) is 3.83. The first-order valence-electron chi connectivity index (χ1n) is 9.03. The number of aromatic nitrogens is 5. The minimum Gasteiger partial charge on any atom is -0.340 e. The normalized spacial score (nSPS) is 15.2. The van der Waals surface area contributed by atoms with Crippen LogP contribution in [0.1, 0.15) is 11.4 Å². The summed E-state index contributed by atoms with van der Waals surface area (Å²) in [7, 11) is 0. The van der Waals surface area contributed by atoms with Crippen LogP contribution in [0.4, 0.5) is 16.3 Å². The molecular weight excluding hydrogens is 402 g/mol. The van der Waals surface area contributed by atoms with Crippen molar-refractivity contribution in [1.29, 1.82) is 0 Å². The van der Waals surface area contributed by atoms with Crippen molar-refractivity contribution in [3.05, 3.63) is 71.4 Å². The van der Waals surface area contributed by atoms with Crippen molar-refractivity contribution in [3.8, 4) is 5.69 Å². The Hall–Kier alpha value is -3.92. The summed E-state index contributed by atoms with van der Waals surface area (Å²) in [5.41, 5.74) is 3.07. The van der Waals surface area contributed by atoms with Gasteiger partial charge in [0.05, 0.1) is 11.1 Å². The van der Waals surface area contributed by atoms with Crippen molar-refractivity contribution in [2.24, 2.45) is 0 Å². The molecule has 0 atom stereocenters. The second kappa shape index (κ2) is 7.16. The number of fused-ring (bicyclic) bond motifs is 1. The average molecular weight is 417 g/mol. The zero-order valence-electron chi connectivity index (χ0n) is 15.7. The minimum atomic E-state index is -0.412. The van der Waals surface area contributed by atoms with Crippen LogP contribution < -0.4 is 10.6 Å². The Morgan fingerprint density at radius 2 is 2.10 bits per heavy atom. The lowest BCUT2D eigenvalue weighted by molar-refractivity contribution is -0.115. The zero-order chi connectivity index (χ0) is 20.7. The molecule has 3 aromatic heterocycles. The lowest BCUT2D eigenvalue weighted by Gasteiger charge is -2.10. The summed E-state index contributed by atoms with van der Waals surface area (Å²) in [5, 5.41) is 9.41. The molecule has 0 radical (unpaired) electrons. The largest absolute Gasteiger partial charge is 0.340 e. The Morgan fingerprint density at radius 3 is 2.87 bits per heavy atom. The summed E-state index contributed by atoms with van der Waals surface area (Å²) in [5.74, 6) is 1.11. The third kappa shape index (κ3) is 3.33. The predicted molar refractivity (Wildman–Crippen MR) is 114 cm³/mol. The molecule has 0 aliphatic carbocycles. The number of thioether (sulfide) groups is 1. The minimum absolute atomic E-state index is 0.318. The number of benzene rings is 1. The van der Waals surface area contributed by atoms with Gasteiger partial charge in [-0.2, -0.15) is 5.10 Å². The highest BCUT2D eigenvalue weighted by molar-refractivity contribution is 8.18. The number of imidazole rings is 1. The van der Waals surface area contributed by atoms with Gasteiger partial charge in [0.25, 0.3) is 11.1 Å². The number of amides is 2. The van der Waals surface area contributed by atoms with Crippen molar-refractivity contribution >= 4 is 46.1 Å². The Morgan fingerprint density at radius 1 is 1.20 bits per heavy atom. The molecule has 0 spiro atoms. The maximum atomic E-state index is 11.8. The highest BCUT2D eigenvalue weighted by Gasteiger charge is 2.25. The van der Waals surface area contributed by atoms with Gasteiger partial charge in [-0.15, -0.1) is 0 Å². The molecule has 1 saturated heterocycles. The van der Waals surface area contributed by atoms with Gasteiger partial charge in [-0.1, -0.05) is 6.07 Å². The predicted octanol–water partition coefficient (Wildman–Crippen LogP) is 3.29. The third-order valence-electron chi connectivity index (χ3n) is 4.55. The Kier molecular flexibility index (Phi) is 4.32. The van der Waals surface area contributed by atoms with Gasteiger partial charge in [0.1, 0.15) is 11.6 Å². The number of hydrogen-bond donors (Lipinski definition) is 2. The number of carbonyl (C=O) groups excluding carboxylic acids is 2. The van der Waals surface area contributed by atoms with E-state index < -0.39 is 5.91 Å². The van der Waals surface area contributed by atoms with Crippen molar-refractivity contribution in [2.45, 2.75) is 6.92 Å². The average Bonchev–Trinajstić information content (AvgIpc) is 3.42. The molecule has 4 aromatic rings. The number of aryl methyl sites for hydroxylation is 1. The molecule has 4 heterocycles. The zero-order valence-corrected chi connectivity index (χ0v) is 16.6. The summed E-state index contributed by atoms with van der Waals surface area (Å²) in [6.45, 7) is 1.95. The molecule has 10 heteroatoms. The molecule has 1 fully saturated rings. The van der Waals surface area contributed by atoms with Crippen LogP contribution in [0, 0.1) is 6.92 Å². The van der Waals surface area contributed by atoms with Gasteiger partial charge in [0, 0.05) is 35.5 Å². The van der Waals surface area contributed by atoms with E-state index in [0.717, 1.165) is 29.0 Å². The van der Waals surface area contributed by atoms with Crippen molar-refractivity contribution < 1.29 is 9.59 Å². The standard InChI is InChI=1S/C20H15N7O2S/c1-12-21-6-8-26(12)15-4-2-3-14(10-15)23-17-5-7-27-18(24-17)13(11-22-27)9-16-19(28)25-20(29)30-16/h2-11H,1H3,(H,23,24)(H,25,28,29)/b16-9+. The SMILES string of the molecule is Cc1nccn1-c1cccc(Nc2ccn3ncc(/C=C4/SC(=O)NC4=O)c3n2)c1. The van der Waals surface area contributed by atoms with Crippen LogP contribution in [0.5, 0.6) is 0 Å². The summed E-state index contributed by atoms with van der Waals surface area (Å²) in [6, 6.07) is 9.73. The number of nitrogens with one attached hydrogen (secondary N) is 2. The van der Waals surface area contributed by atoms with Crippen molar-refractivity contribution in [1.82, 2.24) is 29.5 Å². The second-order valence-electron chi connectivity index (χ2n) is 6.55. The van der Waals surface area contributed by atoms with Crippen LogP contribution in [-0.4, -0.2) is 35.3 Å². The lowest BCUT2D eigenvalue weighted by Crippen LogP contribution is -2.17. The molecular formula is C20H15N7O2S. The van der Waals surface area contributed by atoms with Gasteiger partial charge < -0.3 is 9.88 Å². The molecule has 2 amide bonds. The summed E-state index contributed by atoms with van der Waals surface area (Å²) in [4.78, 5) is 32.4. The number of rotatable bonds is 4. The quantitative estimate of drug-likeness (QED) is 0.491. The number of nitrogens with zero attached hydrogens (tertiary/aromatic N) is 5. The number of anilines is 2. The van der Waals surface area contributed by atoms with Gasteiger partial charge in [-0.3, -0.25) is 14.9 Å². The number of imide groups is 1. The fraction of sp³-hybridized carbons (Fsp3) is 0.0500. The van der Waals surface area contributed by atoms with Crippen LogP contribution in [0.15, 0.2) is 60.0 Å². The van der Waals surface area contributed by atoms with E-state index in [4.69, 9.17) is 0 Å². The Balaban J connectivity index is 1.46. The first kappa shape index (κ1) is 18.1. The van der Waals surface area contributed by atoms with Crippen LogP contribution in [0.2, 0.25) is 0 Å². The topological polar surface area (TPSA) is 106 Å². The molecule has 1 aliphatic heterocycles. The number of hydrogen-bond acceptors (Lipinski definition) is 7. The molecule has 1 aromatic carbocycles. The van der Waals surface area contributed by atoms with Crippen molar-refractivity contribution in [2.75, 3.05) is 5.32 Å². The Labute approximate surface area is 174 Å². The molecule has 0 bridgehead atoms. The van der Waals surface area contributed by atoms with E-state index in [9.17, 15) is 9.59 Å². The highest BCUT2D eigenvalue weighted by atomic mass is 32.2. The smallest absolute Gasteiger partial charge is 0.290 e. The lowest BCUT2D eigenvalue weighted by atomic mass is 10.2. The molecule has 0 saturated carbocycles. The maximum absolute atomic E-state index is 11.8. The highest BCUT2D eigenvalue weighted by Crippen LogP contribution is 2.27. The van der Waals surface area contributed by atoms with Gasteiger partial charge in [0.15, 0.2) is 5.65 Å². The van der Waals surface area contributed by atoms with Crippen LogP contribution in [0.25, 0.3) is 17.4 Å². The van der Waals surface area contributed by atoms with Gasteiger partial charge in [-0.05, 0) is 49.0 Å². The molecule has 0 unspecified atom stereocenters. The van der Waals surface area contributed by atoms with E-state index in [1.165, 1.54) is 0 Å². The van der Waals surface area contributed by atoms with E-state index in [1.807, 2.05) is 48.0 Å². The Bertz CT molecular complexity index is 1340. The summed E-state index contributed by atoms with van der Waals surface area (Å²) in [6.07, 6.45) is 8.68. The first-order chi connectivity index (χ1) is 14.6.